The van der Waals surface area contributed by atoms with E-state index < -0.39 is 11.7 Å². The summed E-state index contributed by atoms with van der Waals surface area (Å²) in [5.41, 5.74) is 6.19. The summed E-state index contributed by atoms with van der Waals surface area (Å²) in [6.45, 7) is 0. The maximum absolute atomic E-state index is 12.8. The van der Waals surface area contributed by atoms with Gasteiger partial charge in [-0.05, 0) is 24.3 Å². The maximum atomic E-state index is 12.8. The zero-order valence-electron chi connectivity index (χ0n) is 10.7. The number of fused-ring (bicyclic) bond motifs is 1. The first-order valence-corrected chi connectivity index (χ1v) is 6.14. The third kappa shape index (κ3) is 2.52. The number of alkyl halides is 3. The molecule has 3 rings (SSSR count). The number of aromatic nitrogens is 2. The molecule has 2 heterocycles. The SMILES string of the molecule is Nc1cc2cccnc2c(-c2cccc(C(F)(F)F)c2)n1. The van der Waals surface area contributed by atoms with Crippen molar-refractivity contribution in [2.45, 2.75) is 6.18 Å². The molecule has 21 heavy (non-hydrogen) atoms. The number of hydrogen-bond acceptors (Lipinski definition) is 3. The molecule has 0 saturated carbocycles. The Kier molecular flexibility index (Phi) is 3.01. The van der Waals surface area contributed by atoms with Crippen molar-refractivity contribution in [3.63, 3.8) is 0 Å². The molecule has 3 aromatic rings. The van der Waals surface area contributed by atoms with E-state index in [9.17, 15) is 13.2 Å². The van der Waals surface area contributed by atoms with Crippen LogP contribution in [0.25, 0.3) is 22.2 Å². The van der Waals surface area contributed by atoms with Crippen molar-refractivity contribution in [1.82, 2.24) is 9.97 Å². The molecule has 3 nitrogen and oxygen atoms in total. The van der Waals surface area contributed by atoms with Crippen LogP contribution in [0.5, 0.6) is 0 Å². The summed E-state index contributed by atoms with van der Waals surface area (Å²) >= 11 is 0. The van der Waals surface area contributed by atoms with E-state index in [0.29, 0.717) is 16.8 Å². The van der Waals surface area contributed by atoms with Gasteiger partial charge in [0.05, 0.1) is 16.8 Å². The van der Waals surface area contributed by atoms with Crippen LogP contribution in [-0.4, -0.2) is 9.97 Å². The topological polar surface area (TPSA) is 51.8 Å². The summed E-state index contributed by atoms with van der Waals surface area (Å²) in [6, 6.07) is 10.1. The van der Waals surface area contributed by atoms with Gasteiger partial charge in [0.2, 0.25) is 0 Å². The molecule has 2 aromatic heterocycles. The van der Waals surface area contributed by atoms with Gasteiger partial charge in [-0.2, -0.15) is 13.2 Å². The van der Waals surface area contributed by atoms with Gasteiger partial charge in [-0.15, -0.1) is 0 Å². The van der Waals surface area contributed by atoms with Gasteiger partial charge in [0.1, 0.15) is 5.82 Å². The number of anilines is 1. The third-order valence-electron chi connectivity index (χ3n) is 3.07. The van der Waals surface area contributed by atoms with Crippen LogP contribution in [-0.2, 0) is 6.18 Å². The minimum atomic E-state index is -4.40. The largest absolute Gasteiger partial charge is 0.416 e. The molecule has 0 aliphatic heterocycles. The van der Waals surface area contributed by atoms with Crippen molar-refractivity contribution in [3.05, 3.63) is 54.2 Å². The van der Waals surface area contributed by atoms with Gasteiger partial charge in [0.25, 0.3) is 0 Å². The third-order valence-corrected chi connectivity index (χ3v) is 3.07. The molecular formula is C15H10F3N3. The lowest BCUT2D eigenvalue weighted by atomic mass is 10.0. The van der Waals surface area contributed by atoms with Crippen molar-refractivity contribution in [2.24, 2.45) is 0 Å². The summed E-state index contributed by atoms with van der Waals surface area (Å²) in [4.78, 5) is 8.33. The molecule has 0 radical (unpaired) electrons. The molecule has 0 bridgehead atoms. The quantitative estimate of drug-likeness (QED) is 0.739. The second kappa shape index (κ2) is 4.73. The Morgan fingerprint density at radius 1 is 1.00 bits per heavy atom. The summed E-state index contributed by atoms with van der Waals surface area (Å²) in [5.74, 6) is 0.239. The van der Waals surface area contributed by atoms with Gasteiger partial charge >= 0.3 is 6.18 Å². The van der Waals surface area contributed by atoms with E-state index in [0.717, 1.165) is 17.5 Å². The van der Waals surface area contributed by atoms with Crippen molar-refractivity contribution in [3.8, 4) is 11.3 Å². The second-order valence-electron chi connectivity index (χ2n) is 4.55. The molecule has 0 amide bonds. The Morgan fingerprint density at radius 3 is 2.57 bits per heavy atom. The van der Waals surface area contributed by atoms with Crippen LogP contribution < -0.4 is 5.73 Å². The van der Waals surface area contributed by atoms with Crippen LogP contribution in [0, 0.1) is 0 Å². The first-order chi connectivity index (χ1) is 9.95. The molecule has 0 saturated heterocycles. The Bertz CT molecular complexity index is 813. The fourth-order valence-electron chi connectivity index (χ4n) is 2.15. The number of rotatable bonds is 1. The van der Waals surface area contributed by atoms with E-state index in [-0.39, 0.29) is 5.82 Å². The summed E-state index contributed by atoms with van der Waals surface area (Å²) < 4.78 is 38.4. The number of hydrogen-bond donors (Lipinski definition) is 1. The Morgan fingerprint density at radius 2 is 1.81 bits per heavy atom. The van der Waals surface area contributed by atoms with Crippen LogP contribution >= 0.6 is 0 Å². The van der Waals surface area contributed by atoms with Gasteiger partial charge in [0, 0.05) is 17.1 Å². The van der Waals surface area contributed by atoms with E-state index in [1.54, 1.807) is 30.5 Å². The molecule has 0 unspecified atom stereocenters. The minimum absolute atomic E-state index is 0.239. The molecule has 0 fully saturated rings. The van der Waals surface area contributed by atoms with Gasteiger partial charge in [-0.25, -0.2) is 4.98 Å². The van der Waals surface area contributed by atoms with Crippen LogP contribution in [0.1, 0.15) is 5.56 Å². The fourth-order valence-corrected chi connectivity index (χ4v) is 2.15. The van der Waals surface area contributed by atoms with E-state index in [1.165, 1.54) is 6.07 Å². The predicted molar refractivity (Wildman–Crippen MR) is 74.4 cm³/mol. The lowest BCUT2D eigenvalue weighted by Gasteiger charge is -2.10. The van der Waals surface area contributed by atoms with Crippen LogP contribution in [0.15, 0.2) is 48.7 Å². The van der Waals surface area contributed by atoms with Gasteiger partial charge in [-0.3, -0.25) is 4.98 Å². The smallest absolute Gasteiger partial charge is 0.384 e. The van der Waals surface area contributed by atoms with E-state index in [1.807, 2.05) is 0 Å². The molecule has 106 valence electrons. The standard InChI is InChI=1S/C15H10F3N3/c16-15(17,18)11-5-1-3-9(7-11)14-13-10(4-2-6-20-13)8-12(19)21-14/h1-8H,(H2,19,21). The monoisotopic (exact) mass is 289 g/mol. The Balaban J connectivity index is 2.26. The summed E-state index contributed by atoms with van der Waals surface area (Å²) in [5, 5.41) is 0.734. The molecule has 0 spiro atoms. The average molecular weight is 289 g/mol. The van der Waals surface area contributed by atoms with E-state index in [4.69, 9.17) is 5.73 Å². The van der Waals surface area contributed by atoms with Gasteiger partial charge in [0.15, 0.2) is 0 Å². The van der Waals surface area contributed by atoms with Gasteiger partial charge in [-0.1, -0.05) is 18.2 Å². The minimum Gasteiger partial charge on any atom is -0.384 e. The number of nitrogen functional groups attached to an aromatic ring is 1. The number of pyridine rings is 2. The fraction of sp³-hybridized carbons (Fsp3) is 0.0667. The van der Waals surface area contributed by atoms with Gasteiger partial charge < -0.3 is 5.73 Å². The molecule has 2 N–H and O–H groups in total. The zero-order valence-corrected chi connectivity index (χ0v) is 10.7. The lowest BCUT2D eigenvalue weighted by molar-refractivity contribution is -0.137. The van der Waals surface area contributed by atoms with Crippen LogP contribution in [0.4, 0.5) is 19.0 Å². The number of nitrogens with zero attached hydrogens (tertiary/aromatic N) is 2. The number of benzene rings is 1. The first kappa shape index (κ1) is 13.4. The molecule has 0 aliphatic rings. The van der Waals surface area contributed by atoms with Crippen molar-refractivity contribution < 1.29 is 13.2 Å². The van der Waals surface area contributed by atoms with E-state index in [2.05, 4.69) is 9.97 Å². The highest BCUT2D eigenvalue weighted by Gasteiger charge is 2.30. The molecule has 6 heteroatoms. The Labute approximate surface area is 118 Å². The number of nitrogens with two attached hydrogens (primary N) is 1. The predicted octanol–water partition coefficient (Wildman–Crippen LogP) is 3.90. The highest BCUT2D eigenvalue weighted by Crippen LogP contribution is 2.33. The average Bonchev–Trinajstić information content (AvgIpc) is 2.45. The highest BCUT2D eigenvalue weighted by atomic mass is 19.4. The van der Waals surface area contributed by atoms with Crippen molar-refractivity contribution >= 4 is 16.7 Å². The van der Waals surface area contributed by atoms with Crippen LogP contribution in [0.2, 0.25) is 0 Å². The highest BCUT2D eigenvalue weighted by molar-refractivity contribution is 5.93. The van der Waals surface area contributed by atoms with Crippen molar-refractivity contribution in [2.75, 3.05) is 5.73 Å². The molecule has 0 aliphatic carbocycles. The van der Waals surface area contributed by atoms with Crippen molar-refractivity contribution in [1.29, 1.82) is 0 Å². The number of halogens is 3. The zero-order chi connectivity index (χ0) is 15.0. The maximum Gasteiger partial charge on any atom is 0.416 e. The van der Waals surface area contributed by atoms with Crippen LogP contribution in [0.3, 0.4) is 0 Å². The molecule has 1 aromatic carbocycles. The van der Waals surface area contributed by atoms with E-state index >= 15 is 0 Å². The normalized spacial score (nSPS) is 11.8. The molecule has 0 atom stereocenters. The molecular weight excluding hydrogens is 279 g/mol. The summed E-state index contributed by atoms with van der Waals surface area (Å²) in [7, 11) is 0. The Hall–Kier alpha value is -2.63. The first-order valence-electron chi connectivity index (χ1n) is 6.14. The second-order valence-corrected chi connectivity index (χ2v) is 4.55. The summed E-state index contributed by atoms with van der Waals surface area (Å²) in [6.07, 6.45) is -2.84. The lowest BCUT2D eigenvalue weighted by Crippen LogP contribution is -2.05.